The van der Waals surface area contributed by atoms with Gasteiger partial charge in [-0.1, -0.05) is 25.1 Å². The molecule has 1 aromatic rings. The Morgan fingerprint density at radius 3 is 2.36 bits per heavy atom. The number of cyclic esters (lactones) is 1. The molecule has 5 aliphatic rings. The van der Waals surface area contributed by atoms with E-state index >= 15 is 0 Å². The summed E-state index contributed by atoms with van der Waals surface area (Å²) < 4.78 is 24.1. The number of aliphatic hydroxyl groups is 3. The van der Waals surface area contributed by atoms with E-state index in [4.69, 9.17) is 18.9 Å². The molecule has 0 amide bonds. The predicted molar refractivity (Wildman–Crippen MR) is 133 cm³/mol. The van der Waals surface area contributed by atoms with Crippen LogP contribution in [-0.2, 0) is 28.5 Å². The van der Waals surface area contributed by atoms with Crippen LogP contribution in [0.15, 0.2) is 41.5 Å². The molecule has 39 heavy (non-hydrogen) atoms. The lowest BCUT2D eigenvalue weighted by Crippen LogP contribution is -2.87. The molecule has 4 fully saturated rings. The Morgan fingerprint density at radius 2 is 1.77 bits per heavy atom. The summed E-state index contributed by atoms with van der Waals surface area (Å²) in [6.45, 7) is 7.67. The van der Waals surface area contributed by atoms with Gasteiger partial charge in [0.1, 0.15) is 17.8 Å². The van der Waals surface area contributed by atoms with Crippen molar-refractivity contribution in [2.45, 2.75) is 88.7 Å². The summed E-state index contributed by atoms with van der Waals surface area (Å²) in [7, 11) is 0. The van der Waals surface area contributed by atoms with Crippen molar-refractivity contribution in [3.05, 3.63) is 47.0 Å². The average Bonchev–Trinajstić information content (AvgIpc) is 3.15. The third-order valence-electron chi connectivity index (χ3n) is 10.4. The SMILES string of the molecule is CC(=O)O[C@@]12CO[C@@H]1C[C@H](O)[C@]1(C)[C@@H]2[C@H](OC(=O)c2ccccc2)[C@@]23C[C@H](O)C(C)=C2[C@]1(O)C(=O)OC3(C)C. The molecule has 6 rings (SSSR count). The molecule has 2 saturated heterocycles. The standard InChI is InChI=1S/C29H34O10/c1-14-17(31)12-27-20(14)29(35,24(34)39-25(27,3)4)26(5)18(32)11-19-28(13-36-19,38-15(2)30)21(26)22(27)37-23(33)16-9-7-6-8-10-16/h6-10,17-19,21-22,31-32,35H,11-13H2,1-5H3/t17-,18-,19+,21-,22-,26+,27+,28-,29-/m0/s1. The third-order valence-corrected chi connectivity index (χ3v) is 10.4. The molecule has 3 aliphatic carbocycles. The minimum Gasteiger partial charge on any atom is -0.457 e. The molecule has 10 heteroatoms. The van der Waals surface area contributed by atoms with E-state index in [2.05, 4.69) is 0 Å². The molecule has 9 atom stereocenters. The summed E-state index contributed by atoms with van der Waals surface area (Å²) in [4.78, 5) is 40.1. The monoisotopic (exact) mass is 542 g/mol. The van der Waals surface area contributed by atoms with Gasteiger partial charge in [0.05, 0.1) is 35.7 Å². The summed E-state index contributed by atoms with van der Waals surface area (Å²) in [6, 6.07) is 8.35. The largest absolute Gasteiger partial charge is 0.457 e. The number of carbonyl (C=O) groups is 3. The van der Waals surface area contributed by atoms with Crippen LogP contribution >= 0.6 is 0 Å². The summed E-state index contributed by atoms with van der Waals surface area (Å²) in [5.41, 5.74) is -7.51. The van der Waals surface area contributed by atoms with E-state index in [1.165, 1.54) is 6.92 Å². The molecule has 2 bridgehead atoms. The first kappa shape index (κ1) is 26.4. The van der Waals surface area contributed by atoms with Gasteiger partial charge in [-0.05, 0) is 50.5 Å². The molecule has 0 radical (unpaired) electrons. The summed E-state index contributed by atoms with van der Waals surface area (Å²) >= 11 is 0. The average molecular weight is 543 g/mol. The number of carbonyl (C=O) groups excluding carboxylic acids is 3. The van der Waals surface area contributed by atoms with Crippen LogP contribution in [0.5, 0.6) is 0 Å². The van der Waals surface area contributed by atoms with Crippen LogP contribution in [0.1, 0.15) is 57.8 Å². The van der Waals surface area contributed by atoms with Gasteiger partial charge in [0.15, 0.2) is 11.2 Å². The molecule has 0 aromatic heterocycles. The smallest absolute Gasteiger partial charge is 0.343 e. The van der Waals surface area contributed by atoms with E-state index in [9.17, 15) is 29.7 Å². The van der Waals surface area contributed by atoms with E-state index in [-0.39, 0.29) is 30.6 Å². The van der Waals surface area contributed by atoms with Crippen molar-refractivity contribution in [2.75, 3.05) is 6.61 Å². The zero-order chi connectivity index (χ0) is 28.3. The van der Waals surface area contributed by atoms with Gasteiger partial charge < -0.3 is 34.3 Å². The number of benzene rings is 1. The second kappa shape index (κ2) is 7.90. The highest BCUT2D eigenvalue weighted by Gasteiger charge is 2.87. The van der Waals surface area contributed by atoms with Crippen molar-refractivity contribution in [1.82, 2.24) is 0 Å². The van der Waals surface area contributed by atoms with E-state index in [1.54, 1.807) is 58.0 Å². The molecule has 3 N–H and O–H groups in total. The lowest BCUT2D eigenvalue weighted by Gasteiger charge is -2.73. The van der Waals surface area contributed by atoms with Crippen molar-refractivity contribution < 1.29 is 48.7 Å². The maximum absolute atomic E-state index is 13.9. The van der Waals surface area contributed by atoms with Crippen molar-refractivity contribution in [2.24, 2.45) is 16.7 Å². The Labute approximate surface area is 225 Å². The molecule has 0 spiro atoms. The minimum absolute atomic E-state index is 0.0200. The Balaban J connectivity index is 1.67. The maximum atomic E-state index is 13.9. The molecule has 10 nitrogen and oxygen atoms in total. The normalized spacial score (nSPS) is 45.2. The van der Waals surface area contributed by atoms with Gasteiger partial charge in [0, 0.05) is 18.8 Å². The van der Waals surface area contributed by atoms with Crippen LogP contribution in [0.2, 0.25) is 0 Å². The number of ether oxygens (including phenoxy) is 4. The van der Waals surface area contributed by atoms with E-state index in [0.717, 1.165) is 0 Å². The Morgan fingerprint density at radius 1 is 1.10 bits per heavy atom. The molecule has 0 unspecified atom stereocenters. The lowest BCUT2D eigenvalue weighted by atomic mass is 9.37. The van der Waals surface area contributed by atoms with Crippen molar-refractivity contribution >= 4 is 17.9 Å². The quantitative estimate of drug-likeness (QED) is 0.291. The summed E-state index contributed by atoms with van der Waals surface area (Å²) in [5, 5.41) is 35.5. The maximum Gasteiger partial charge on any atom is 0.343 e. The van der Waals surface area contributed by atoms with Crippen molar-refractivity contribution in [3.63, 3.8) is 0 Å². The molecule has 2 saturated carbocycles. The molecular formula is C29H34O10. The van der Waals surface area contributed by atoms with Crippen LogP contribution < -0.4 is 0 Å². The second-order valence-corrected chi connectivity index (χ2v) is 12.4. The molecule has 210 valence electrons. The number of hydrogen-bond acceptors (Lipinski definition) is 10. The van der Waals surface area contributed by atoms with Crippen LogP contribution in [0.4, 0.5) is 0 Å². The Hall–Kier alpha value is -2.79. The first-order valence-corrected chi connectivity index (χ1v) is 13.3. The van der Waals surface area contributed by atoms with Crippen LogP contribution in [0.25, 0.3) is 0 Å². The number of fused-ring (bicyclic) bond motifs is 4. The fraction of sp³-hybridized carbons (Fsp3) is 0.621. The Bertz CT molecular complexity index is 1300. The van der Waals surface area contributed by atoms with Crippen LogP contribution in [0.3, 0.4) is 0 Å². The predicted octanol–water partition coefficient (Wildman–Crippen LogP) is 1.45. The van der Waals surface area contributed by atoms with Gasteiger partial charge in [-0.2, -0.15) is 0 Å². The zero-order valence-corrected chi connectivity index (χ0v) is 22.6. The molecular weight excluding hydrogens is 508 g/mol. The van der Waals surface area contributed by atoms with E-state index in [1.807, 2.05) is 0 Å². The van der Waals surface area contributed by atoms with Gasteiger partial charge >= 0.3 is 17.9 Å². The third kappa shape index (κ3) is 2.88. The van der Waals surface area contributed by atoms with Gasteiger partial charge in [-0.25, -0.2) is 9.59 Å². The number of rotatable bonds is 3. The molecule has 2 heterocycles. The van der Waals surface area contributed by atoms with Gasteiger partial charge in [0.2, 0.25) is 0 Å². The van der Waals surface area contributed by atoms with Gasteiger partial charge in [-0.15, -0.1) is 0 Å². The Kier molecular flexibility index (Phi) is 5.36. The van der Waals surface area contributed by atoms with Crippen LogP contribution in [0, 0.1) is 16.7 Å². The zero-order valence-electron chi connectivity index (χ0n) is 22.6. The van der Waals surface area contributed by atoms with Crippen molar-refractivity contribution in [1.29, 1.82) is 0 Å². The molecule has 2 aliphatic heterocycles. The summed E-state index contributed by atoms with van der Waals surface area (Å²) in [6.07, 6.45) is -4.44. The molecule has 1 aromatic carbocycles. The second-order valence-electron chi connectivity index (χ2n) is 12.4. The lowest BCUT2D eigenvalue weighted by molar-refractivity contribution is -0.380. The number of esters is 3. The van der Waals surface area contributed by atoms with Gasteiger partial charge in [-0.3, -0.25) is 4.79 Å². The number of aliphatic hydroxyl groups excluding tert-OH is 2. The highest BCUT2D eigenvalue weighted by atomic mass is 16.6. The van der Waals surface area contributed by atoms with Crippen LogP contribution in [-0.4, -0.2) is 81.1 Å². The highest BCUT2D eigenvalue weighted by Crippen LogP contribution is 2.75. The topological polar surface area (TPSA) is 149 Å². The minimum atomic E-state index is -2.41. The summed E-state index contributed by atoms with van der Waals surface area (Å²) in [5.74, 6) is -3.36. The fourth-order valence-electron chi connectivity index (χ4n) is 8.58. The number of hydrogen-bond donors (Lipinski definition) is 3. The van der Waals surface area contributed by atoms with Gasteiger partial charge in [0.25, 0.3) is 0 Å². The fourth-order valence-corrected chi connectivity index (χ4v) is 8.58. The highest BCUT2D eigenvalue weighted by molar-refractivity contribution is 5.91. The van der Waals surface area contributed by atoms with Crippen molar-refractivity contribution in [3.8, 4) is 0 Å². The van der Waals surface area contributed by atoms with E-state index < -0.39 is 75.9 Å². The first-order valence-electron chi connectivity index (χ1n) is 13.3. The van der Waals surface area contributed by atoms with E-state index in [0.29, 0.717) is 5.57 Å². The first-order chi connectivity index (χ1) is 18.2.